The summed E-state index contributed by atoms with van der Waals surface area (Å²) in [4.78, 5) is 24.2. The van der Waals surface area contributed by atoms with Crippen molar-refractivity contribution >= 4 is 16.9 Å². The molecule has 0 saturated heterocycles. The molecule has 0 aliphatic heterocycles. The van der Waals surface area contributed by atoms with Gasteiger partial charge in [0, 0.05) is 24.0 Å². The number of pyridine rings is 1. The minimum absolute atomic E-state index is 0.250. The monoisotopic (exact) mass is 268 g/mol. The first-order valence-corrected chi connectivity index (χ1v) is 6.11. The maximum atomic E-state index is 12.0. The van der Waals surface area contributed by atoms with Crippen LogP contribution in [0.1, 0.15) is 21.9 Å². The number of carbonyl (C=O) groups excluding carboxylic acids is 1. The van der Waals surface area contributed by atoms with E-state index in [1.807, 2.05) is 6.92 Å². The van der Waals surface area contributed by atoms with Gasteiger partial charge in [0.15, 0.2) is 11.3 Å². The molecule has 0 saturated carbocycles. The maximum Gasteiger partial charge on any atom is 0.287 e. The molecule has 1 N–H and O–H groups in total. The highest BCUT2D eigenvalue weighted by atomic mass is 16.3. The first kappa shape index (κ1) is 12.3. The van der Waals surface area contributed by atoms with E-state index in [1.165, 1.54) is 0 Å². The van der Waals surface area contributed by atoms with Crippen LogP contribution in [0.25, 0.3) is 11.0 Å². The van der Waals surface area contributed by atoms with Crippen LogP contribution in [0.4, 0.5) is 0 Å². The molecule has 6 heteroatoms. The summed E-state index contributed by atoms with van der Waals surface area (Å²) >= 11 is 0. The van der Waals surface area contributed by atoms with Crippen LogP contribution in [0.2, 0.25) is 0 Å². The number of rotatable bonds is 3. The van der Waals surface area contributed by atoms with E-state index in [4.69, 9.17) is 4.42 Å². The van der Waals surface area contributed by atoms with Crippen molar-refractivity contribution < 1.29 is 9.21 Å². The molecule has 6 nitrogen and oxygen atoms in total. The van der Waals surface area contributed by atoms with Gasteiger partial charge in [-0.1, -0.05) is 0 Å². The topological polar surface area (TPSA) is 80.9 Å². The average molecular weight is 268 g/mol. The number of amides is 1. The number of nitrogens with one attached hydrogen (secondary N) is 1. The van der Waals surface area contributed by atoms with Gasteiger partial charge in [-0.2, -0.15) is 0 Å². The van der Waals surface area contributed by atoms with E-state index in [0.717, 1.165) is 10.9 Å². The Bertz CT molecular complexity index is 716. The van der Waals surface area contributed by atoms with Crippen molar-refractivity contribution in [3.8, 4) is 0 Å². The molecular formula is C14H12N4O2. The zero-order valence-electron chi connectivity index (χ0n) is 10.8. The Kier molecular flexibility index (Phi) is 3.12. The van der Waals surface area contributed by atoms with Gasteiger partial charge in [0.1, 0.15) is 5.82 Å². The second kappa shape index (κ2) is 5.08. The molecule has 0 aliphatic rings. The summed E-state index contributed by atoms with van der Waals surface area (Å²) in [5, 5.41) is 3.56. The van der Waals surface area contributed by atoms with Gasteiger partial charge in [0.2, 0.25) is 0 Å². The molecule has 0 fully saturated rings. The molecule has 0 aliphatic carbocycles. The van der Waals surface area contributed by atoms with Gasteiger partial charge < -0.3 is 9.73 Å². The van der Waals surface area contributed by atoms with Crippen LogP contribution in [0.5, 0.6) is 0 Å². The lowest BCUT2D eigenvalue weighted by molar-refractivity contribution is 0.0924. The summed E-state index contributed by atoms with van der Waals surface area (Å²) in [6.07, 6.45) is 6.65. The van der Waals surface area contributed by atoms with Crippen LogP contribution in [-0.4, -0.2) is 20.9 Å². The fourth-order valence-electron chi connectivity index (χ4n) is 1.75. The van der Waals surface area contributed by atoms with E-state index in [-0.39, 0.29) is 18.2 Å². The van der Waals surface area contributed by atoms with Crippen molar-refractivity contribution in [2.24, 2.45) is 0 Å². The smallest absolute Gasteiger partial charge is 0.287 e. The van der Waals surface area contributed by atoms with Crippen LogP contribution in [-0.2, 0) is 6.54 Å². The highest BCUT2D eigenvalue weighted by Gasteiger charge is 2.12. The summed E-state index contributed by atoms with van der Waals surface area (Å²) < 4.78 is 5.42. The summed E-state index contributed by atoms with van der Waals surface area (Å²) in [6.45, 7) is 2.17. The van der Waals surface area contributed by atoms with Gasteiger partial charge in [0.05, 0.1) is 12.7 Å². The van der Waals surface area contributed by atoms with E-state index in [0.29, 0.717) is 11.4 Å². The van der Waals surface area contributed by atoms with Crippen molar-refractivity contribution in [1.29, 1.82) is 0 Å². The van der Waals surface area contributed by atoms with Gasteiger partial charge in [-0.25, -0.2) is 9.97 Å². The summed E-state index contributed by atoms with van der Waals surface area (Å²) in [6, 6.07) is 3.47. The number of carbonyl (C=O) groups is 1. The maximum absolute atomic E-state index is 12.0. The van der Waals surface area contributed by atoms with Gasteiger partial charge in [-0.15, -0.1) is 0 Å². The van der Waals surface area contributed by atoms with E-state index >= 15 is 0 Å². The Labute approximate surface area is 114 Å². The van der Waals surface area contributed by atoms with E-state index in [9.17, 15) is 4.79 Å². The van der Waals surface area contributed by atoms with Crippen LogP contribution >= 0.6 is 0 Å². The Balaban J connectivity index is 1.71. The minimum Gasteiger partial charge on any atom is -0.449 e. The van der Waals surface area contributed by atoms with Gasteiger partial charge in [-0.3, -0.25) is 9.78 Å². The van der Waals surface area contributed by atoms with Crippen LogP contribution in [0.3, 0.4) is 0 Å². The third kappa shape index (κ3) is 2.49. The number of hydrogen-bond acceptors (Lipinski definition) is 5. The average Bonchev–Trinajstić information content (AvgIpc) is 2.90. The molecule has 0 aromatic carbocycles. The predicted octanol–water partition coefficient (Wildman–Crippen LogP) is 1.86. The normalized spacial score (nSPS) is 10.7. The van der Waals surface area contributed by atoms with Gasteiger partial charge >= 0.3 is 0 Å². The standard InChI is InChI=1S/C14H12N4O2/c1-9-5-16-13(17-6-9)8-18-14(19)11-4-10-2-3-15-7-12(10)20-11/h2-7H,8H2,1H3,(H,18,19). The molecule has 3 aromatic rings. The second-order valence-corrected chi connectivity index (χ2v) is 4.38. The molecule has 0 unspecified atom stereocenters. The molecule has 0 spiro atoms. The Hall–Kier alpha value is -2.76. The second-order valence-electron chi connectivity index (χ2n) is 4.38. The van der Waals surface area contributed by atoms with Crippen molar-refractivity contribution in [3.05, 3.63) is 54.1 Å². The number of aromatic nitrogens is 3. The summed E-state index contributed by atoms with van der Waals surface area (Å²) in [7, 11) is 0. The molecule has 0 bridgehead atoms. The third-order valence-electron chi connectivity index (χ3n) is 2.79. The number of aryl methyl sites for hydroxylation is 1. The quantitative estimate of drug-likeness (QED) is 0.784. The molecule has 3 aromatic heterocycles. The molecular weight excluding hydrogens is 256 g/mol. The summed E-state index contributed by atoms with van der Waals surface area (Å²) in [5.41, 5.74) is 1.56. The largest absolute Gasteiger partial charge is 0.449 e. The number of nitrogens with zero attached hydrogens (tertiary/aromatic N) is 3. The molecule has 3 heterocycles. The molecule has 100 valence electrons. The van der Waals surface area contributed by atoms with Crippen molar-refractivity contribution in [1.82, 2.24) is 20.3 Å². The number of fused-ring (bicyclic) bond motifs is 1. The van der Waals surface area contributed by atoms with E-state index in [2.05, 4.69) is 20.3 Å². The molecule has 0 radical (unpaired) electrons. The van der Waals surface area contributed by atoms with Crippen molar-refractivity contribution in [2.45, 2.75) is 13.5 Å². The Morgan fingerprint density at radius 2 is 2.10 bits per heavy atom. The van der Waals surface area contributed by atoms with E-state index < -0.39 is 0 Å². The highest BCUT2D eigenvalue weighted by molar-refractivity contribution is 5.95. The minimum atomic E-state index is -0.301. The van der Waals surface area contributed by atoms with Gasteiger partial charge in [0.25, 0.3) is 5.91 Å². The zero-order chi connectivity index (χ0) is 13.9. The highest BCUT2D eigenvalue weighted by Crippen LogP contribution is 2.17. The zero-order valence-corrected chi connectivity index (χ0v) is 10.8. The lowest BCUT2D eigenvalue weighted by atomic mass is 10.3. The number of hydrogen-bond donors (Lipinski definition) is 1. The SMILES string of the molecule is Cc1cnc(CNC(=O)c2cc3ccncc3o2)nc1. The fraction of sp³-hybridized carbons (Fsp3) is 0.143. The van der Waals surface area contributed by atoms with Crippen LogP contribution in [0.15, 0.2) is 41.3 Å². The first-order valence-electron chi connectivity index (χ1n) is 6.11. The Morgan fingerprint density at radius 3 is 2.85 bits per heavy atom. The molecule has 1 amide bonds. The van der Waals surface area contributed by atoms with Crippen LogP contribution in [0, 0.1) is 6.92 Å². The van der Waals surface area contributed by atoms with Crippen molar-refractivity contribution in [3.63, 3.8) is 0 Å². The lowest BCUT2D eigenvalue weighted by Gasteiger charge is -2.01. The van der Waals surface area contributed by atoms with E-state index in [1.54, 1.807) is 36.9 Å². The Morgan fingerprint density at radius 1 is 1.30 bits per heavy atom. The van der Waals surface area contributed by atoms with Crippen LogP contribution < -0.4 is 5.32 Å². The summed E-state index contributed by atoms with van der Waals surface area (Å²) in [5.74, 6) is 0.507. The van der Waals surface area contributed by atoms with Gasteiger partial charge in [-0.05, 0) is 24.6 Å². The predicted molar refractivity (Wildman–Crippen MR) is 71.9 cm³/mol. The fourth-order valence-corrected chi connectivity index (χ4v) is 1.75. The number of furan rings is 1. The molecule has 3 rings (SSSR count). The van der Waals surface area contributed by atoms with Crippen molar-refractivity contribution in [2.75, 3.05) is 0 Å². The third-order valence-corrected chi connectivity index (χ3v) is 2.79. The molecule has 0 atom stereocenters. The lowest BCUT2D eigenvalue weighted by Crippen LogP contribution is -2.23. The first-order chi connectivity index (χ1) is 9.72. The molecule has 20 heavy (non-hydrogen) atoms.